The molecule has 1 saturated heterocycles. The molecule has 1 fully saturated rings. The Bertz CT molecular complexity index is 201. The van der Waals surface area contributed by atoms with Crippen molar-refractivity contribution in [1.29, 1.82) is 0 Å². The maximum Gasteiger partial charge on any atom is 0.140 e. The second kappa shape index (κ2) is 3.93. The molecule has 0 aromatic carbocycles. The van der Waals surface area contributed by atoms with E-state index >= 15 is 0 Å². The van der Waals surface area contributed by atoms with E-state index in [1.165, 1.54) is 12.2 Å². The number of hydrogen-bond donors (Lipinski definition) is 0. The monoisotopic (exact) mass is 264 g/mol. The number of hydrogen-bond acceptors (Lipinski definition) is 2. The van der Waals surface area contributed by atoms with Gasteiger partial charge in [0.1, 0.15) is 5.78 Å². The van der Waals surface area contributed by atoms with Gasteiger partial charge in [0.2, 0.25) is 0 Å². The number of rotatable bonds is 2. The largest absolute Gasteiger partial charge is 0.299 e. The van der Waals surface area contributed by atoms with Crippen molar-refractivity contribution in [1.82, 2.24) is 0 Å². The summed E-state index contributed by atoms with van der Waals surface area (Å²) in [7, 11) is 0. The average molecular weight is 265 g/mol. The molecule has 0 aromatic rings. The van der Waals surface area contributed by atoms with Gasteiger partial charge in [0, 0.05) is 11.8 Å². The Hall–Kier alpha value is 0.500. The summed E-state index contributed by atoms with van der Waals surface area (Å²) in [5, 5.41) is 0. The van der Waals surface area contributed by atoms with Gasteiger partial charge in [-0.05, 0) is 18.6 Å². The zero-order chi connectivity index (χ0) is 10.1. The fraction of sp³-hybridized carbons (Fsp3) is 0.900. The Kier molecular flexibility index (Phi) is 3.50. The van der Waals surface area contributed by atoms with Gasteiger partial charge in [-0.2, -0.15) is 0 Å². The third kappa shape index (κ3) is 3.28. The standard InChI is InChI=1S/C10H17BrOS/c1-9(2,3)8(12)7-10(11)5-4-6-13-10/h4-7H2,1-3H3. The first kappa shape index (κ1) is 11.6. The molecular weight excluding hydrogens is 248 g/mol. The van der Waals surface area contributed by atoms with E-state index in [1.807, 2.05) is 32.5 Å². The summed E-state index contributed by atoms with van der Waals surface area (Å²) < 4.78 is 0.0529. The van der Waals surface area contributed by atoms with Crippen LogP contribution in [0.2, 0.25) is 0 Å². The SMILES string of the molecule is CC(C)(C)C(=O)CC1(Br)CCCS1. The van der Waals surface area contributed by atoms with E-state index in [2.05, 4.69) is 15.9 Å². The molecule has 0 amide bonds. The Morgan fingerprint density at radius 3 is 2.54 bits per heavy atom. The number of Topliss-reactive ketones (excluding diaryl/α,β-unsaturated/α-hetero) is 1. The highest BCUT2D eigenvalue weighted by atomic mass is 79.9. The highest BCUT2D eigenvalue weighted by Crippen LogP contribution is 2.47. The third-order valence-corrected chi connectivity index (χ3v) is 5.04. The van der Waals surface area contributed by atoms with Crippen LogP contribution in [0.4, 0.5) is 0 Å². The van der Waals surface area contributed by atoms with Crippen LogP contribution in [0, 0.1) is 5.41 Å². The van der Waals surface area contributed by atoms with E-state index in [-0.39, 0.29) is 9.07 Å². The van der Waals surface area contributed by atoms with Crippen LogP contribution in [0.3, 0.4) is 0 Å². The van der Waals surface area contributed by atoms with Gasteiger partial charge in [-0.3, -0.25) is 4.79 Å². The number of ketones is 1. The number of alkyl halides is 1. The van der Waals surface area contributed by atoms with Crippen LogP contribution in [0.15, 0.2) is 0 Å². The first-order valence-electron chi connectivity index (χ1n) is 4.70. The molecular formula is C10H17BrOS. The molecule has 1 aliphatic rings. The van der Waals surface area contributed by atoms with Gasteiger partial charge in [0.15, 0.2) is 0 Å². The van der Waals surface area contributed by atoms with E-state index in [1.54, 1.807) is 0 Å². The van der Waals surface area contributed by atoms with Crippen LogP contribution in [0.5, 0.6) is 0 Å². The summed E-state index contributed by atoms with van der Waals surface area (Å²) in [5.41, 5.74) is -0.191. The van der Waals surface area contributed by atoms with E-state index < -0.39 is 0 Å². The lowest BCUT2D eigenvalue weighted by molar-refractivity contribution is -0.126. The third-order valence-electron chi connectivity index (χ3n) is 2.32. The van der Waals surface area contributed by atoms with Gasteiger partial charge in [-0.1, -0.05) is 36.7 Å². The summed E-state index contributed by atoms with van der Waals surface area (Å²) in [6.45, 7) is 5.97. The Balaban J connectivity index is 2.53. The van der Waals surface area contributed by atoms with Crippen molar-refractivity contribution < 1.29 is 4.79 Å². The predicted octanol–water partition coefficient (Wildman–Crippen LogP) is 3.61. The van der Waals surface area contributed by atoms with Crippen molar-refractivity contribution in [3.8, 4) is 0 Å². The Labute approximate surface area is 93.2 Å². The maximum absolute atomic E-state index is 11.8. The highest BCUT2D eigenvalue weighted by Gasteiger charge is 2.36. The molecule has 0 saturated carbocycles. The molecule has 0 aliphatic carbocycles. The van der Waals surface area contributed by atoms with Crippen LogP contribution in [-0.2, 0) is 4.79 Å². The molecule has 0 N–H and O–H groups in total. The lowest BCUT2D eigenvalue weighted by Crippen LogP contribution is -2.27. The number of halogens is 1. The van der Waals surface area contributed by atoms with E-state index in [0.29, 0.717) is 12.2 Å². The Morgan fingerprint density at radius 1 is 1.54 bits per heavy atom. The molecule has 3 heteroatoms. The summed E-state index contributed by atoms with van der Waals surface area (Å²) >= 11 is 5.57. The molecule has 1 nitrogen and oxygen atoms in total. The van der Waals surface area contributed by atoms with Gasteiger partial charge in [0.05, 0.1) is 3.66 Å². The maximum atomic E-state index is 11.8. The van der Waals surface area contributed by atoms with Crippen molar-refractivity contribution in [2.75, 3.05) is 5.75 Å². The molecule has 13 heavy (non-hydrogen) atoms. The number of carbonyl (C=O) groups excluding carboxylic acids is 1. The minimum absolute atomic E-state index is 0.0529. The first-order valence-corrected chi connectivity index (χ1v) is 6.48. The molecule has 0 spiro atoms. The van der Waals surface area contributed by atoms with E-state index in [4.69, 9.17) is 0 Å². The quantitative estimate of drug-likeness (QED) is 0.709. The normalized spacial score (nSPS) is 29.2. The van der Waals surface area contributed by atoms with Gasteiger partial charge < -0.3 is 0 Å². The number of carbonyl (C=O) groups is 1. The van der Waals surface area contributed by atoms with Crippen LogP contribution < -0.4 is 0 Å². The first-order chi connectivity index (χ1) is 5.83. The molecule has 0 radical (unpaired) electrons. The van der Waals surface area contributed by atoms with Gasteiger partial charge >= 0.3 is 0 Å². The predicted molar refractivity (Wildman–Crippen MR) is 62.4 cm³/mol. The topological polar surface area (TPSA) is 17.1 Å². The van der Waals surface area contributed by atoms with Crippen LogP contribution >= 0.6 is 27.7 Å². The summed E-state index contributed by atoms with van der Waals surface area (Å²) in [5.74, 6) is 1.54. The molecule has 1 rings (SSSR count). The van der Waals surface area contributed by atoms with Gasteiger partial charge in [0.25, 0.3) is 0 Å². The Morgan fingerprint density at radius 2 is 2.15 bits per heavy atom. The lowest BCUT2D eigenvalue weighted by Gasteiger charge is -2.24. The zero-order valence-corrected chi connectivity index (χ0v) is 10.9. The number of thioether (sulfide) groups is 1. The highest BCUT2D eigenvalue weighted by molar-refractivity contribution is 9.12. The van der Waals surface area contributed by atoms with Crippen molar-refractivity contribution in [3.05, 3.63) is 0 Å². The van der Waals surface area contributed by atoms with Gasteiger partial charge in [-0.15, -0.1) is 11.8 Å². The molecule has 1 heterocycles. The zero-order valence-electron chi connectivity index (χ0n) is 8.52. The fourth-order valence-electron chi connectivity index (χ4n) is 1.31. The van der Waals surface area contributed by atoms with Crippen LogP contribution in [0.25, 0.3) is 0 Å². The van der Waals surface area contributed by atoms with Crippen molar-refractivity contribution in [2.24, 2.45) is 5.41 Å². The van der Waals surface area contributed by atoms with Gasteiger partial charge in [-0.25, -0.2) is 0 Å². The van der Waals surface area contributed by atoms with Crippen LogP contribution in [-0.4, -0.2) is 15.2 Å². The molecule has 1 atom stereocenters. The second-order valence-electron chi connectivity index (χ2n) is 4.69. The summed E-state index contributed by atoms with van der Waals surface area (Å²) in [6.07, 6.45) is 3.02. The molecule has 0 bridgehead atoms. The lowest BCUT2D eigenvalue weighted by atomic mass is 9.88. The van der Waals surface area contributed by atoms with Crippen molar-refractivity contribution in [2.45, 2.75) is 43.7 Å². The van der Waals surface area contributed by atoms with Crippen molar-refractivity contribution >= 4 is 33.5 Å². The van der Waals surface area contributed by atoms with E-state index in [0.717, 1.165) is 6.42 Å². The molecule has 0 aromatic heterocycles. The van der Waals surface area contributed by atoms with Crippen LogP contribution in [0.1, 0.15) is 40.0 Å². The second-order valence-corrected chi connectivity index (χ2v) is 8.21. The summed E-state index contributed by atoms with van der Waals surface area (Å²) in [6, 6.07) is 0. The summed E-state index contributed by atoms with van der Waals surface area (Å²) in [4.78, 5) is 11.8. The minimum atomic E-state index is -0.191. The molecule has 1 unspecified atom stereocenters. The fourth-order valence-corrected chi connectivity index (χ4v) is 3.50. The van der Waals surface area contributed by atoms with Crippen molar-refractivity contribution in [3.63, 3.8) is 0 Å². The smallest absolute Gasteiger partial charge is 0.140 e. The molecule has 1 aliphatic heterocycles. The van der Waals surface area contributed by atoms with E-state index in [9.17, 15) is 4.79 Å². The molecule has 76 valence electrons. The average Bonchev–Trinajstić information content (AvgIpc) is 2.33. The minimum Gasteiger partial charge on any atom is -0.299 e.